The first-order valence-corrected chi connectivity index (χ1v) is 7.26. The van der Waals surface area contributed by atoms with Gasteiger partial charge in [-0.15, -0.1) is 0 Å². The lowest BCUT2D eigenvalue weighted by Crippen LogP contribution is -2.37. The van der Waals surface area contributed by atoms with Crippen LogP contribution in [0.2, 0.25) is 0 Å². The molecule has 0 radical (unpaired) electrons. The van der Waals surface area contributed by atoms with Crippen LogP contribution in [-0.2, 0) is 13.5 Å². The highest BCUT2D eigenvalue weighted by atomic mass is 15.2. The maximum Gasteiger partial charge on any atom is 0.191 e. The Morgan fingerprint density at radius 1 is 1.32 bits per heavy atom. The van der Waals surface area contributed by atoms with Crippen LogP contribution >= 0.6 is 0 Å². The molecule has 1 aromatic rings. The summed E-state index contributed by atoms with van der Waals surface area (Å²) in [5, 5.41) is 10.8. The fraction of sp³-hybridized carbons (Fsp3) is 0.714. The quantitative estimate of drug-likeness (QED) is 0.427. The molecule has 0 fully saturated rings. The first-order valence-electron chi connectivity index (χ1n) is 7.26. The summed E-state index contributed by atoms with van der Waals surface area (Å²) in [5.74, 6) is 0.933. The highest BCUT2D eigenvalue weighted by Gasteiger charge is 1.98. The van der Waals surface area contributed by atoms with E-state index in [0.29, 0.717) is 0 Å². The van der Waals surface area contributed by atoms with Crippen LogP contribution in [0.25, 0.3) is 0 Å². The monoisotopic (exact) mass is 265 g/mol. The molecule has 0 atom stereocenters. The molecular formula is C14H27N5. The number of nitrogens with zero attached hydrogens (tertiary/aromatic N) is 3. The van der Waals surface area contributed by atoms with Gasteiger partial charge in [-0.2, -0.15) is 5.10 Å². The molecule has 2 N–H and O–H groups in total. The standard InChI is InChI=1S/C14H27N5/c1-4-6-9-16-14(15-5-2)17-10-7-8-13-11-18-19(3)12-13/h11-12H,4-10H2,1-3H3,(H2,15,16,17). The topological polar surface area (TPSA) is 54.2 Å². The number of unbranched alkanes of at least 4 members (excludes halogenated alkanes) is 1. The Kier molecular flexibility index (Phi) is 7.70. The summed E-state index contributed by atoms with van der Waals surface area (Å²) in [4.78, 5) is 4.57. The summed E-state index contributed by atoms with van der Waals surface area (Å²) < 4.78 is 1.84. The van der Waals surface area contributed by atoms with Gasteiger partial charge in [0.15, 0.2) is 5.96 Å². The zero-order chi connectivity index (χ0) is 13.9. The van der Waals surface area contributed by atoms with Crippen LogP contribution in [0.4, 0.5) is 0 Å². The molecule has 0 saturated heterocycles. The third kappa shape index (κ3) is 6.84. The molecule has 5 nitrogen and oxygen atoms in total. The van der Waals surface area contributed by atoms with Crippen LogP contribution in [0.5, 0.6) is 0 Å². The summed E-state index contributed by atoms with van der Waals surface area (Å²) in [6.45, 7) is 7.02. The number of aromatic nitrogens is 2. The highest BCUT2D eigenvalue weighted by molar-refractivity contribution is 5.79. The number of aryl methyl sites for hydroxylation is 2. The zero-order valence-electron chi connectivity index (χ0n) is 12.4. The van der Waals surface area contributed by atoms with Gasteiger partial charge >= 0.3 is 0 Å². The van der Waals surface area contributed by atoms with Crippen LogP contribution in [0.1, 0.15) is 38.7 Å². The Balaban J connectivity index is 2.25. The molecule has 0 unspecified atom stereocenters. The molecule has 0 aliphatic heterocycles. The fourth-order valence-corrected chi connectivity index (χ4v) is 1.80. The first-order chi connectivity index (χ1) is 9.26. The first kappa shape index (κ1) is 15.5. The maximum absolute atomic E-state index is 4.57. The van der Waals surface area contributed by atoms with E-state index in [9.17, 15) is 0 Å². The van der Waals surface area contributed by atoms with Gasteiger partial charge in [-0.3, -0.25) is 9.67 Å². The maximum atomic E-state index is 4.57. The van der Waals surface area contributed by atoms with Gasteiger partial charge in [0.05, 0.1) is 6.20 Å². The molecule has 1 aromatic heterocycles. The second-order valence-corrected chi connectivity index (χ2v) is 4.67. The van der Waals surface area contributed by atoms with Crippen LogP contribution in [0.3, 0.4) is 0 Å². The molecule has 1 heterocycles. The van der Waals surface area contributed by atoms with Gasteiger partial charge in [-0.1, -0.05) is 13.3 Å². The van der Waals surface area contributed by atoms with Crippen molar-refractivity contribution in [1.82, 2.24) is 20.4 Å². The van der Waals surface area contributed by atoms with Crippen molar-refractivity contribution in [3.8, 4) is 0 Å². The molecular weight excluding hydrogens is 238 g/mol. The number of hydrogen-bond acceptors (Lipinski definition) is 2. The summed E-state index contributed by atoms with van der Waals surface area (Å²) in [5.41, 5.74) is 1.28. The van der Waals surface area contributed by atoms with E-state index in [-0.39, 0.29) is 0 Å². The van der Waals surface area contributed by atoms with Crippen molar-refractivity contribution < 1.29 is 0 Å². The van der Waals surface area contributed by atoms with E-state index < -0.39 is 0 Å². The minimum Gasteiger partial charge on any atom is -0.357 e. The summed E-state index contributed by atoms with van der Waals surface area (Å²) in [7, 11) is 1.95. The Morgan fingerprint density at radius 2 is 2.16 bits per heavy atom. The predicted octanol–water partition coefficient (Wildman–Crippen LogP) is 1.71. The van der Waals surface area contributed by atoms with E-state index in [0.717, 1.165) is 38.4 Å². The van der Waals surface area contributed by atoms with E-state index >= 15 is 0 Å². The predicted molar refractivity (Wildman–Crippen MR) is 80.4 cm³/mol. The van der Waals surface area contributed by atoms with E-state index in [1.165, 1.54) is 18.4 Å². The van der Waals surface area contributed by atoms with Gasteiger partial charge in [0.1, 0.15) is 0 Å². The van der Waals surface area contributed by atoms with Crippen LogP contribution < -0.4 is 10.6 Å². The van der Waals surface area contributed by atoms with Crippen molar-refractivity contribution in [3.05, 3.63) is 18.0 Å². The molecule has 0 aliphatic carbocycles. The molecule has 1 rings (SSSR count). The number of nitrogens with one attached hydrogen (secondary N) is 2. The van der Waals surface area contributed by atoms with E-state index in [1.54, 1.807) is 0 Å². The van der Waals surface area contributed by atoms with E-state index in [1.807, 2.05) is 17.9 Å². The Hall–Kier alpha value is -1.52. The second-order valence-electron chi connectivity index (χ2n) is 4.67. The number of aliphatic imine (C=N–C) groups is 1. The molecule has 19 heavy (non-hydrogen) atoms. The summed E-state index contributed by atoms with van der Waals surface area (Å²) in [6, 6.07) is 0. The Labute approximate surface area is 116 Å². The van der Waals surface area contributed by atoms with E-state index in [4.69, 9.17) is 0 Å². The van der Waals surface area contributed by atoms with Gasteiger partial charge < -0.3 is 10.6 Å². The van der Waals surface area contributed by atoms with Crippen LogP contribution in [0, 0.1) is 0 Å². The van der Waals surface area contributed by atoms with Crippen molar-refractivity contribution in [1.29, 1.82) is 0 Å². The molecule has 108 valence electrons. The molecule has 0 amide bonds. The lowest BCUT2D eigenvalue weighted by molar-refractivity contribution is 0.725. The lowest BCUT2D eigenvalue weighted by atomic mass is 10.2. The largest absolute Gasteiger partial charge is 0.357 e. The minimum absolute atomic E-state index is 0.844. The zero-order valence-corrected chi connectivity index (χ0v) is 12.4. The van der Waals surface area contributed by atoms with Gasteiger partial charge in [0, 0.05) is 32.9 Å². The van der Waals surface area contributed by atoms with Gasteiger partial charge in [0.25, 0.3) is 0 Å². The Morgan fingerprint density at radius 3 is 2.79 bits per heavy atom. The fourth-order valence-electron chi connectivity index (χ4n) is 1.80. The van der Waals surface area contributed by atoms with E-state index in [2.05, 4.69) is 40.8 Å². The van der Waals surface area contributed by atoms with Crippen molar-refractivity contribution >= 4 is 5.96 Å². The van der Waals surface area contributed by atoms with Crippen molar-refractivity contribution in [3.63, 3.8) is 0 Å². The molecule has 0 saturated carbocycles. The molecule has 0 aromatic carbocycles. The van der Waals surface area contributed by atoms with Gasteiger partial charge in [-0.25, -0.2) is 0 Å². The normalized spacial score (nSPS) is 11.6. The number of hydrogen-bond donors (Lipinski definition) is 2. The minimum atomic E-state index is 0.844. The molecule has 0 bridgehead atoms. The number of rotatable bonds is 8. The van der Waals surface area contributed by atoms with Gasteiger partial charge in [0.2, 0.25) is 0 Å². The SMILES string of the molecule is CCCCNC(=NCCCc1cnn(C)c1)NCC. The third-order valence-corrected chi connectivity index (χ3v) is 2.82. The van der Waals surface area contributed by atoms with Crippen LogP contribution in [-0.4, -0.2) is 35.4 Å². The lowest BCUT2D eigenvalue weighted by Gasteiger charge is -2.10. The Bertz CT molecular complexity index is 370. The average Bonchev–Trinajstić information content (AvgIpc) is 2.80. The molecule has 0 aliphatic rings. The molecule has 5 heteroatoms. The summed E-state index contributed by atoms with van der Waals surface area (Å²) >= 11 is 0. The average molecular weight is 265 g/mol. The molecule has 0 spiro atoms. The summed E-state index contributed by atoms with van der Waals surface area (Å²) in [6.07, 6.45) is 8.46. The highest BCUT2D eigenvalue weighted by Crippen LogP contribution is 2.00. The second kappa shape index (κ2) is 9.42. The smallest absolute Gasteiger partial charge is 0.191 e. The van der Waals surface area contributed by atoms with Crippen molar-refractivity contribution in [2.45, 2.75) is 39.5 Å². The third-order valence-electron chi connectivity index (χ3n) is 2.82. The van der Waals surface area contributed by atoms with Crippen LogP contribution in [0.15, 0.2) is 17.4 Å². The van der Waals surface area contributed by atoms with Crippen molar-refractivity contribution in [2.75, 3.05) is 19.6 Å². The van der Waals surface area contributed by atoms with Gasteiger partial charge in [-0.05, 0) is 31.7 Å². The number of guanidine groups is 1. The van der Waals surface area contributed by atoms with Crippen molar-refractivity contribution in [2.24, 2.45) is 12.0 Å².